The van der Waals surface area contributed by atoms with Crippen molar-refractivity contribution in [3.05, 3.63) is 27.9 Å². The Labute approximate surface area is 73.6 Å². The second-order valence-electron chi connectivity index (χ2n) is 2.89. The molecule has 6 heteroatoms. The van der Waals surface area contributed by atoms with Crippen molar-refractivity contribution in [1.82, 2.24) is 19.3 Å². The normalized spacial score (nSPS) is 10.9. The van der Waals surface area contributed by atoms with Crippen molar-refractivity contribution >= 4 is 5.78 Å². The van der Waals surface area contributed by atoms with Crippen LogP contribution in [0.3, 0.4) is 0 Å². The highest BCUT2D eigenvalue weighted by Crippen LogP contribution is 2.02. The summed E-state index contributed by atoms with van der Waals surface area (Å²) in [5.74, 6) is 5.87. The third-order valence-corrected chi connectivity index (χ3v) is 2.19. The number of fused-ring (bicyclic) bond motifs is 1. The summed E-state index contributed by atoms with van der Waals surface area (Å²) in [6, 6.07) is 0. The maximum atomic E-state index is 11.5. The van der Waals surface area contributed by atoms with E-state index in [1.54, 1.807) is 11.3 Å². The van der Waals surface area contributed by atoms with Crippen LogP contribution in [0.2, 0.25) is 0 Å². The number of aromatic nitrogens is 4. The lowest BCUT2D eigenvalue weighted by Crippen LogP contribution is -2.31. The van der Waals surface area contributed by atoms with E-state index >= 15 is 0 Å². The molecule has 0 aliphatic heterocycles. The van der Waals surface area contributed by atoms with Crippen LogP contribution in [0.4, 0.5) is 0 Å². The molecule has 0 amide bonds. The highest BCUT2D eigenvalue weighted by molar-refractivity contribution is 5.33. The summed E-state index contributed by atoms with van der Waals surface area (Å²) in [7, 11) is 0. The SMILES string of the molecule is Cc1c(C)n2cnnc2n(N)c1=O. The van der Waals surface area contributed by atoms with E-state index in [1.165, 1.54) is 6.33 Å². The third-order valence-electron chi connectivity index (χ3n) is 2.19. The van der Waals surface area contributed by atoms with Crippen molar-refractivity contribution in [2.24, 2.45) is 0 Å². The summed E-state index contributed by atoms with van der Waals surface area (Å²) >= 11 is 0. The Hall–Kier alpha value is -1.85. The molecule has 2 N–H and O–H groups in total. The average Bonchev–Trinajstić information content (AvgIpc) is 2.59. The molecule has 2 rings (SSSR count). The summed E-state index contributed by atoms with van der Waals surface area (Å²) in [6.07, 6.45) is 1.53. The van der Waals surface area contributed by atoms with E-state index in [4.69, 9.17) is 5.84 Å². The Morgan fingerprint density at radius 2 is 2.15 bits per heavy atom. The fourth-order valence-corrected chi connectivity index (χ4v) is 1.24. The molecule has 2 heterocycles. The van der Waals surface area contributed by atoms with Crippen LogP contribution in [0.25, 0.3) is 5.78 Å². The molecule has 0 saturated heterocycles. The fraction of sp³-hybridized carbons (Fsp3) is 0.286. The highest BCUT2D eigenvalue weighted by atomic mass is 16.1. The van der Waals surface area contributed by atoms with Crippen LogP contribution in [0.1, 0.15) is 11.3 Å². The topological polar surface area (TPSA) is 78.2 Å². The van der Waals surface area contributed by atoms with Crippen molar-refractivity contribution < 1.29 is 0 Å². The molecule has 2 aromatic rings. The van der Waals surface area contributed by atoms with Crippen molar-refractivity contribution in [1.29, 1.82) is 0 Å². The van der Waals surface area contributed by atoms with Crippen molar-refractivity contribution in [2.75, 3.05) is 5.84 Å². The second kappa shape index (κ2) is 2.32. The van der Waals surface area contributed by atoms with Crippen molar-refractivity contribution in [2.45, 2.75) is 13.8 Å². The molecular weight excluding hydrogens is 170 g/mol. The van der Waals surface area contributed by atoms with Crippen LogP contribution in [0.5, 0.6) is 0 Å². The van der Waals surface area contributed by atoms with E-state index in [0.29, 0.717) is 11.3 Å². The zero-order valence-electron chi connectivity index (χ0n) is 7.35. The second-order valence-corrected chi connectivity index (χ2v) is 2.89. The van der Waals surface area contributed by atoms with Crippen LogP contribution in [-0.2, 0) is 0 Å². The minimum atomic E-state index is -0.238. The molecule has 0 aliphatic rings. The molecule has 0 saturated carbocycles. The Balaban J connectivity index is 3.11. The number of aryl methyl sites for hydroxylation is 1. The summed E-state index contributed by atoms with van der Waals surface area (Å²) in [6.45, 7) is 3.55. The quantitative estimate of drug-likeness (QED) is 0.538. The standard InChI is InChI=1S/C7H9N5O/c1-4-5(2)11-3-9-10-7(11)12(8)6(4)13/h3H,8H2,1-2H3. The van der Waals surface area contributed by atoms with Crippen molar-refractivity contribution in [3.63, 3.8) is 0 Å². The van der Waals surface area contributed by atoms with Gasteiger partial charge in [0.25, 0.3) is 11.3 Å². The van der Waals surface area contributed by atoms with E-state index in [-0.39, 0.29) is 5.56 Å². The van der Waals surface area contributed by atoms with Gasteiger partial charge < -0.3 is 5.84 Å². The minimum absolute atomic E-state index is 0.238. The number of rotatable bonds is 0. The lowest BCUT2D eigenvalue weighted by atomic mass is 10.3. The number of hydrogen-bond donors (Lipinski definition) is 1. The molecule has 0 aromatic carbocycles. The average molecular weight is 179 g/mol. The minimum Gasteiger partial charge on any atom is -0.333 e. The van der Waals surface area contributed by atoms with E-state index in [2.05, 4.69) is 10.2 Å². The number of nitrogens with two attached hydrogens (primary N) is 1. The molecule has 0 radical (unpaired) electrons. The summed E-state index contributed by atoms with van der Waals surface area (Å²) in [5, 5.41) is 7.41. The van der Waals surface area contributed by atoms with Crippen molar-refractivity contribution in [3.8, 4) is 0 Å². The van der Waals surface area contributed by atoms with Gasteiger partial charge in [-0.3, -0.25) is 9.20 Å². The van der Waals surface area contributed by atoms with E-state index in [0.717, 1.165) is 10.4 Å². The maximum absolute atomic E-state index is 11.5. The lowest BCUT2D eigenvalue weighted by Gasteiger charge is -2.05. The molecular formula is C7H9N5O. The summed E-state index contributed by atoms with van der Waals surface area (Å²) < 4.78 is 2.67. The van der Waals surface area contributed by atoms with E-state index < -0.39 is 0 Å². The Morgan fingerprint density at radius 1 is 1.46 bits per heavy atom. The van der Waals surface area contributed by atoms with Gasteiger partial charge in [0.1, 0.15) is 6.33 Å². The van der Waals surface area contributed by atoms with Gasteiger partial charge in [-0.2, -0.15) is 4.68 Å². The number of hydrogen-bond acceptors (Lipinski definition) is 4. The van der Waals surface area contributed by atoms with Gasteiger partial charge in [0, 0.05) is 11.3 Å². The van der Waals surface area contributed by atoms with Gasteiger partial charge in [-0.25, -0.2) is 0 Å². The van der Waals surface area contributed by atoms with Gasteiger partial charge in [-0.1, -0.05) is 0 Å². The molecule has 68 valence electrons. The van der Waals surface area contributed by atoms with Crippen LogP contribution in [0.15, 0.2) is 11.1 Å². The maximum Gasteiger partial charge on any atom is 0.276 e. The molecule has 6 nitrogen and oxygen atoms in total. The predicted octanol–water partition coefficient (Wildman–Crippen LogP) is -0.778. The molecule has 0 spiro atoms. The third kappa shape index (κ3) is 0.851. The number of nitrogens with zero attached hydrogens (tertiary/aromatic N) is 4. The van der Waals surface area contributed by atoms with Gasteiger partial charge in [0.05, 0.1) is 0 Å². The first-order valence-corrected chi connectivity index (χ1v) is 3.80. The lowest BCUT2D eigenvalue weighted by molar-refractivity contribution is 0.861. The monoisotopic (exact) mass is 179 g/mol. The smallest absolute Gasteiger partial charge is 0.276 e. The van der Waals surface area contributed by atoms with Crippen LogP contribution >= 0.6 is 0 Å². The fourth-order valence-electron chi connectivity index (χ4n) is 1.24. The Bertz CT molecular complexity index is 523. The predicted molar refractivity (Wildman–Crippen MR) is 46.9 cm³/mol. The number of nitrogen functional groups attached to an aromatic ring is 1. The van der Waals surface area contributed by atoms with Gasteiger partial charge in [0.2, 0.25) is 0 Å². The molecule has 0 aliphatic carbocycles. The largest absolute Gasteiger partial charge is 0.333 e. The zero-order valence-corrected chi connectivity index (χ0v) is 7.35. The van der Waals surface area contributed by atoms with Gasteiger partial charge in [-0.05, 0) is 13.8 Å². The van der Waals surface area contributed by atoms with Crippen LogP contribution in [-0.4, -0.2) is 19.3 Å². The van der Waals surface area contributed by atoms with Gasteiger partial charge in [0.15, 0.2) is 0 Å². The van der Waals surface area contributed by atoms with Crippen LogP contribution in [0, 0.1) is 13.8 Å². The zero-order chi connectivity index (χ0) is 9.59. The molecule has 0 fully saturated rings. The molecule has 0 atom stereocenters. The summed E-state index contributed by atoms with van der Waals surface area (Å²) in [4.78, 5) is 11.5. The molecule has 0 unspecified atom stereocenters. The van der Waals surface area contributed by atoms with E-state index in [9.17, 15) is 4.79 Å². The first kappa shape index (κ1) is 7.78. The van der Waals surface area contributed by atoms with E-state index in [1.807, 2.05) is 6.92 Å². The highest BCUT2D eigenvalue weighted by Gasteiger charge is 2.09. The molecule has 13 heavy (non-hydrogen) atoms. The Morgan fingerprint density at radius 3 is 2.85 bits per heavy atom. The summed E-state index contributed by atoms with van der Waals surface area (Å²) in [5.41, 5.74) is 1.18. The first-order valence-electron chi connectivity index (χ1n) is 3.80. The van der Waals surface area contributed by atoms with Crippen LogP contribution < -0.4 is 11.4 Å². The molecule has 2 aromatic heterocycles. The van der Waals surface area contributed by atoms with Gasteiger partial charge in [-0.15, -0.1) is 10.2 Å². The first-order chi connectivity index (χ1) is 6.13. The Kier molecular flexibility index (Phi) is 1.39. The van der Waals surface area contributed by atoms with Gasteiger partial charge >= 0.3 is 0 Å². The molecule has 0 bridgehead atoms.